The van der Waals surface area contributed by atoms with E-state index in [9.17, 15) is 0 Å². The molecule has 0 aliphatic heterocycles. The third-order valence-corrected chi connectivity index (χ3v) is 1.83. The standard InChI is InChI=1S/C7H16NO2/c1-4-6-8(3,5-2)7(9)10/h4,7,9-10H,1,5-6H2,2-3H3/q+1. The van der Waals surface area contributed by atoms with Gasteiger partial charge in [0.1, 0.15) is 6.54 Å². The quantitative estimate of drug-likeness (QED) is 0.330. The number of aliphatic hydroxyl groups excluding tert-OH is 1. The average Bonchev–Trinajstić information content (AvgIpc) is 1.88. The summed E-state index contributed by atoms with van der Waals surface area (Å²) >= 11 is 0. The van der Waals surface area contributed by atoms with Crippen LogP contribution in [0.1, 0.15) is 6.92 Å². The van der Waals surface area contributed by atoms with Crippen LogP contribution in [0.5, 0.6) is 0 Å². The van der Waals surface area contributed by atoms with Crippen molar-refractivity contribution >= 4 is 0 Å². The van der Waals surface area contributed by atoms with Gasteiger partial charge in [0, 0.05) is 0 Å². The monoisotopic (exact) mass is 146 g/mol. The summed E-state index contributed by atoms with van der Waals surface area (Å²) < 4.78 is 0.212. The molecule has 0 aliphatic rings. The first-order valence-corrected chi connectivity index (χ1v) is 3.38. The van der Waals surface area contributed by atoms with E-state index in [-0.39, 0.29) is 4.48 Å². The molecule has 1 unspecified atom stereocenters. The van der Waals surface area contributed by atoms with Gasteiger partial charge < -0.3 is 10.2 Å². The lowest BCUT2D eigenvalue weighted by Crippen LogP contribution is -2.52. The van der Waals surface area contributed by atoms with Gasteiger partial charge in [-0.05, 0) is 13.0 Å². The van der Waals surface area contributed by atoms with Gasteiger partial charge in [-0.15, -0.1) is 0 Å². The molecule has 0 saturated carbocycles. The maximum atomic E-state index is 8.88. The van der Waals surface area contributed by atoms with Crippen LogP contribution in [0.3, 0.4) is 0 Å². The van der Waals surface area contributed by atoms with Crippen molar-refractivity contribution in [3.05, 3.63) is 12.7 Å². The minimum absolute atomic E-state index is 0.212. The van der Waals surface area contributed by atoms with Crippen LogP contribution in [0.4, 0.5) is 0 Å². The number of hydrogen-bond donors (Lipinski definition) is 2. The van der Waals surface area contributed by atoms with Crippen LogP contribution in [0.25, 0.3) is 0 Å². The topological polar surface area (TPSA) is 40.5 Å². The zero-order valence-electron chi connectivity index (χ0n) is 6.62. The predicted octanol–water partition coefficient (Wildman–Crippen LogP) is -0.0929. The fourth-order valence-corrected chi connectivity index (χ4v) is 0.682. The number of likely N-dealkylation sites (N-methyl/N-ethyl adjacent to an activating group) is 1. The number of quaternary nitrogens is 1. The van der Waals surface area contributed by atoms with Gasteiger partial charge in [0.15, 0.2) is 0 Å². The molecule has 3 nitrogen and oxygen atoms in total. The molecule has 0 bridgehead atoms. The van der Waals surface area contributed by atoms with Crippen LogP contribution in [0.2, 0.25) is 0 Å². The van der Waals surface area contributed by atoms with Crippen molar-refractivity contribution in [1.82, 2.24) is 0 Å². The van der Waals surface area contributed by atoms with Crippen LogP contribution in [-0.2, 0) is 0 Å². The van der Waals surface area contributed by atoms with Gasteiger partial charge in [0.2, 0.25) is 0 Å². The summed E-state index contributed by atoms with van der Waals surface area (Å²) in [5, 5.41) is 17.8. The number of aliphatic hydroxyl groups is 2. The van der Waals surface area contributed by atoms with Crippen LogP contribution in [0, 0.1) is 0 Å². The van der Waals surface area contributed by atoms with Gasteiger partial charge in [0.25, 0.3) is 0 Å². The summed E-state index contributed by atoms with van der Waals surface area (Å²) in [6, 6.07) is 0. The van der Waals surface area contributed by atoms with Gasteiger partial charge in [0.05, 0.1) is 13.6 Å². The maximum absolute atomic E-state index is 8.88. The van der Waals surface area contributed by atoms with Crippen molar-refractivity contribution in [2.24, 2.45) is 0 Å². The SMILES string of the molecule is C=CC[N+](C)(CC)C(O)O. The summed E-state index contributed by atoms with van der Waals surface area (Å²) in [4.78, 5) is 0. The van der Waals surface area contributed by atoms with Gasteiger partial charge >= 0.3 is 6.41 Å². The summed E-state index contributed by atoms with van der Waals surface area (Å²) in [6.07, 6.45) is 0.381. The highest BCUT2D eigenvalue weighted by Gasteiger charge is 2.24. The molecule has 1 atom stereocenters. The first kappa shape index (κ1) is 9.62. The molecular formula is C7H16NO2+. The fraction of sp³-hybridized carbons (Fsp3) is 0.714. The van der Waals surface area contributed by atoms with E-state index >= 15 is 0 Å². The largest absolute Gasteiger partial charge is 0.322 e. The first-order valence-electron chi connectivity index (χ1n) is 3.38. The second-order valence-corrected chi connectivity index (χ2v) is 2.61. The van der Waals surface area contributed by atoms with Crippen LogP contribution in [0.15, 0.2) is 12.7 Å². The first-order chi connectivity index (χ1) is 4.56. The number of hydrogen-bond acceptors (Lipinski definition) is 2. The molecule has 10 heavy (non-hydrogen) atoms. The van der Waals surface area contributed by atoms with Crippen molar-refractivity contribution in [3.8, 4) is 0 Å². The van der Waals surface area contributed by atoms with Gasteiger partial charge in [-0.3, -0.25) is 4.48 Å². The van der Waals surface area contributed by atoms with Gasteiger partial charge in [-0.1, -0.05) is 6.58 Å². The van der Waals surface area contributed by atoms with E-state index in [1.807, 2.05) is 6.92 Å². The molecule has 60 valence electrons. The Morgan fingerprint density at radius 2 is 2.10 bits per heavy atom. The second kappa shape index (κ2) is 3.71. The minimum Gasteiger partial charge on any atom is -0.322 e. The Bertz CT molecular complexity index is 114. The molecule has 0 fully saturated rings. The highest BCUT2D eigenvalue weighted by molar-refractivity contribution is 4.64. The minimum atomic E-state index is -1.30. The van der Waals surface area contributed by atoms with E-state index in [4.69, 9.17) is 10.2 Å². The molecule has 0 aromatic rings. The van der Waals surface area contributed by atoms with Crippen molar-refractivity contribution in [1.29, 1.82) is 0 Å². The van der Waals surface area contributed by atoms with Crippen molar-refractivity contribution in [2.75, 3.05) is 20.1 Å². The fourth-order valence-electron chi connectivity index (χ4n) is 0.682. The van der Waals surface area contributed by atoms with E-state index < -0.39 is 6.41 Å². The Balaban J connectivity index is 4.07. The molecule has 0 saturated heterocycles. The van der Waals surface area contributed by atoms with Gasteiger partial charge in [-0.2, -0.15) is 0 Å². The smallest absolute Gasteiger partial charge is 0.304 e. The molecule has 0 rings (SSSR count). The van der Waals surface area contributed by atoms with E-state index in [2.05, 4.69) is 6.58 Å². The second-order valence-electron chi connectivity index (χ2n) is 2.61. The summed E-state index contributed by atoms with van der Waals surface area (Å²) in [7, 11) is 1.77. The molecule has 0 radical (unpaired) electrons. The van der Waals surface area contributed by atoms with Crippen molar-refractivity contribution in [2.45, 2.75) is 13.3 Å². The van der Waals surface area contributed by atoms with E-state index in [1.165, 1.54) is 0 Å². The Morgan fingerprint density at radius 3 is 2.20 bits per heavy atom. The molecule has 2 N–H and O–H groups in total. The van der Waals surface area contributed by atoms with Gasteiger partial charge in [-0.25, -0.2) is 0 Å². The molecule has 0 aliphatic carbocycles. The van der Waals surface area contributed by atoms with Crippen molar-refractivity contribution < 1.29 is 14.7 Å². The lowest BCUT2D eigenvalue weighted by atomic mass is 10.4. The Kier molecular flexibility index (Phi) is 3.57. The number of rotatable bonds is 4. The van der Waals surface area contributed by atoms with Crippen LogP contribution < -0.4 is 0 Å². The lowest BCUT2D eigenvalue weighted by molar-refractivity contribution is -0.970. The molecule has 0 heterocycles. The highest BCUT2D eigenvalue weighted by Crippen LogP contribution is 2.04. The van der Waals surface area contributed by atoms with Crippen molar-refractivity contribution in [3.63, 3.8) is 0 Å². The molecular weight excluding hydrogens is 130 g/mol. The maximum Gasteiger partial charge on any atom is 0.304 e. The van der Waals surface area contributed by atoms with E-state index in [0.29, 0.717) is 13.1 Å². The predicted molar refractivity (Wildman–Crippen MR) is 40.0 cm³/mol. The zero-order chi connectivity index (χ0) is 8.20. The molecule has 0 aromatic heterocycles. The summed E-state index contributed by atoms with van der Waals surface area (Å²) in [5.74, 6) is 0. The number of nitrogens with zero attached hydrogens (tertiary/aromatic N) is 1. The average molecular weight is 146 g/mol. The van der Waals surface area contributed by atoms with Crippen LogP contribution in [-0.4, -0.2) is 41.2 Å². The Hall–Kier alpha value is -0.380. The molecule has 0 aromatic carbocycles. The molecule has 0 amide bonds. The lowest BCUT2D eigenvalue weighted by Gasteiger charge is -2.32. The third-order valence-electron chi connectivity index (χ3n) is 1.83. The Morgan fingerprint density at radius 1 is 1.60 bits per heavy atom. The highest BCUT2D eigenvalue weighted by atomic mass is 16.5. The summed E-state index contributed by atoms with van der Waals surface area (Å²) in [6.45, 7) is 6.71. The van der Waals surface area contributed by atoms with Crippen LogP contribution >= 0.6 is 0 Å². The zero-order valence-corrected chi connectivity index (χ0v) is 6.62. The molecule has 3 heteroatoms. The van der Waals surface area contributed by atoms with E-state index in [0.717, 1.165) is 0 Å². The molecule has 0 spiro atoms. The van der Waals surface area contributed by atoms with E-state index in [1.54, 1.807) is 13.1 Å². The summed E-state index contributed by atoms with van der Waals surface area (Å²) in [5.41, 5.74) is 0. The third kappa shape index (κ3) is 2.10. The Labute approximate surface area is 61.8 Å². The normalized spacial score (nSPS) is 16.9.